The number of hydrogen-bond donors (Lipinski definition) is 1. The third-order valence-electron chi connectivity index (χ3n) is 6.92. The summed E-state index contributed by atoms with van der Waals surface area (Å²) in [4.78, 5) is 23.3. The zero-order valence-corrected chi connectivity index (χ0v) is 23.5. The number of carboxylic acids is 1. The molecule has 1 N–H and O–H groups in total. The van der Waals surface area contributed by atoms with Crippen molar-refractivity contribution in [2.75, 3.05) is 13.2 Å². The van der Waals surface area contributed by atoms with Crippen LogP contribution in [0.3, 0.4) is 0 Å². The van der Waals surface area contributed by atoms with Gasteiger partial charge in [0.1, 0.15) is 0 Å². The van der Waals surface area contributed by atoms with E-state index in [2.05, 4.69) is 39.8 Å². The second kappa shape index (κ2) is 11.2. The molecule has 0 fully saturated rings. The Kier molecular flexibility index (Phi) is 8.72. The molecule has 0 unspecified atom stereocenters. The van der Waals surface area contributed by atoms with E-state index in [-0.39, 0.29) is 31.8 Å². The number of ether oxygens (including phenoxy) is 2. The number of hydrogen-bond acceptors (Lipinski definition) is 4. The van der Waals surface area contributed by atoms with Crippen LogP contribution in [0.15, 0.2) is 30.3 Å². The Bertz CT molecular complexity index is 1090. The zero-order chi connectivity index (χ0) is 25.8. The van der Waals surface area contributed by atoms with Gasteiger partial charge >= 0.3 is 216 Å². The van der Waals surface area contributed by atoms with Crippen molar-refractivity contribution >= 4 is 35.8 Å². The number of carbonyl (C=O) groups is 2. The molecule has 2 aromatic rings. The number of carboxylic acid groups (broad SMARTS) is 1. The van der Waals surface area contributed by atoms with Crippen LogP contribution in [0.25, 0.3) is 0 Å². The van der Waals surface area contributed by atoms with E-state index in [4.69, 9.17) is 9.47 Å². The molecule has 5 nitrogen and oxygen atoms in total. The Morgan fingerprint density at radius 3 is 2.26 bits per heavy atom. The molecule has 2 aromatic carbocycles. The summed E-state index contributed by atoms with van der Waals surface area (Å²) in [5.74, 6) is -0.206. The van der Waals surface area contributed by atoms with Crippen LogP contribution in [-0.4, -0.2) is 45.2 Å². The average molecular weight is 546 g/mol. The van der Waals surface area contributed by atoms with Gasteiger partial charge in [0.2, 0.25) is 0 Å². The number of benzene rings is 2. The van der Waals surface area contributed by atoms with Crippen molar-refractivity contribution < 1.29 is 24.2 Å². The first-order valence-electron chi connectivity index (χ1n) is 12.5. The Morgan fingerprint density at radius 1 is 1.00 bits per heavy atom. The van der Waals surface area contributed by atoms with Gasteiger partial charge in [-0.25, -0.2) is 0 Å². The van der Waals surface area contributed by atoms with Gasteiger partial charge in [-0.05, 0) is 0 Å². The molecular formula is C29H38O5Se. The first-order chi connectivity index (χ1) is 16.5. The summed E-state index contributed by atoms with van der Waals surface area (Å²) in [7, 11) is 0. The molecule has 0 saturated heterocycles. The van der Waals surface area contributed by atoms with Crippen LogP contribution in [0.1, 0.15) is 94.3 Å². The summed E-state index contributed by atoms with van der Waals surface area (Å²) >= 11 is -0.0515. The molecule has 0 heterocycles. The van der Waals surface area contributed by atoms with Crippen LogP contribution in [0, 0.1) is 0 Å². The van der Waals surface area contributed by atoms with Crippen LogP contribution in [0.4, 0.5) is 0 Å². The minimum absolute atomic E-state index is 0.0515. The van der Waals surface area contributed by atoms with Crippen LogP contribution in [0.5, 0.6) is 5.75 Å². The van der Waals surface area contributed by atoms with Gasteiger partial charge in [-0.15, -0.1) is 0 Å². The standard InChI is InChI=1S/C29H38O5Se/c1-7-19-16-20(11-12-21(19)27(31)32)35-25-18-23-22(28(3,4)13-14-29(23,5)6)17-24(25)34-15-9-10-26(30)33-8-2/h11-12,16-18H,7-10,13-15H2,1-6H3,(H,31,32). The second-order valence-electron chi connectivity index (χ2n) is 10.4. The Morgan fingerprint density at radius 2 is 1.66 bits per heavy atom. The first kappa shape index (κ1) is 27.3. The molecule has 0 atom stereocenters. The average Bonchev–Trinajstić information content (AvgIpc) is 2.80. The van der Waals surface area contributed by atoms with Gasteiger partial charge in [-0.1, -0.05) is 0 Å². The van der Waals surface area contributed by atoms with Crippen molar-refractivity contribution in [2.24, 2.45) is 0 Å². The maximum atomic E-state index is 11.7. The van der Waals surface area contributed by atoms with E-state index in [9.17, 15) is 14.7 Å². The molecule has 3 rings (SSSR count). The van der Waals surface area contributed by atoms with Crippen molar-refractivity contribution in [3.05, 3.63) is 52.6 Å². The van der Waals surface area contributed by atoms with E-state index in [1.54, 1.807) is 6.07 Å². The first-order valence-corrected chi connectivity index (χ1v) is 14.2. The number of aryl methyl sites for hydroxylation is 1. The van der Waals surface area contributed by atoms with Crippen LogP contribution < -0.4 is 13.7 Å². The Hall–Kier alpha value is -2.30. The molecular weight excluding hydrogens is 507 g/mol. The molecule has 0 saturated carbocycles. The number of fused-ring (bicyclic) bond motifs is 1. The van der Waals surface area contributed by atoms with Crippen molar-refractivity contribution in [1.29, 1.82) is 0 Å². The summed E-state index contributed by atoms with van der Waals surface area (Å²) in [6.07, 6.45) is 3.87. The molecule has 0 spiro atoms. The normalized spacial score (nSPS) is 15.8. The van der Waals surface area contributed by atoms with Crippen molar-refractivity contribution in [3.63, 3.8) is 0 Å². The molecule has 1 aliphatic carbocycles. The van der Waals surface area contributed by atoms with E-state index in [0.29, 0.717) is 38.0 Å². The van der Waals surface area contributed by atoms with Crippen molar-refractivity contribution in [1.82, 2.24) is 0 Å². The number of aromatic carboxylic acids is 1. The predicted molar refractivity (Wildman–Crippen MR) is 141 cm³/mol. The predicted octanol–water partition coefficient (Wildman–Crippen LogP) is 4.67. The molecule has 0 aliphatic heterocycles. The molecule has 0 amide bonds. The summed E-state index contributed by atoms with van der Waals surface area (Å²) < 4.78 is 13.6. The van der Waals surface area contributed by atoms with E-state index >= 15 is 0 Å². The van der Waals surface area contributed by atoms with E-state index in [1.807, 2.05) is 26.0 Å². The Balaban J connectivity index is 1.96. The van der Waals surface area contributed by atoms with Crippen LogP contribution in [-0.2, 0) is 26.8 Å². The fourth-order valence-corrected chi connectivity index (χ4v) is 6.73. The molecule has 0 bridgehead atoms. The van der Waals surface area contributed by atoms with Gasteiger partial charge in [-0.3, -0.25) is 0 Å². The summed E-state index contributed by atoms with van der Waals surface area (Å²) in [6.45, 7) is 13.9. The van der Waals surface area contributed by atoms with Gasteiger partial charge in [-0.2, -0.15) is 0 Å². The summed E-state index contributed by atoms with van der Waals surface area (Å²) in [6, 6.07) is 10.2. The molecule has 1 aliphatic rings. The molecule has 6 heteroatoms. The number of esters is 1. The fraction of sp³-hybridized carbons (Fsp3) is 0.517. The summed E-state index contributed by atoms with van der Waals surface area (Å²) in [5.41, 5.74) is 4.09. The van der Waals surface area contributed by atoms with Gasteiger partial charge in [0, 0.05) is 0 Å². The third-order valence-corrected chi connectivity index (χ3v) is 9.08. The third kappa shape index (κ3) is 6.48. The molecule has 190 valence electrons. The van der Waals surface area contributed by atoms with Crippen LogP contribution >= 0.6 is 0 Å². The van der Waals surface area contributed by atoms with Gasteiger partial charge < -0.3 is 0 Å². The molecule has 0 aromatic heterocycles. The van der Waals surface area contributed by atoms with E-state index < -0.39 is 5.97 Å². The van der Waals surface area contributed by atoms with Gasteiger partial charge in [0.05, 0.1) is 0 Å². The monoisotopic (exact) mass is 546 g/mol. The van der Waals surface area contributed by atoms with Gasteiger partial charge in [0.25, 0.3) is 0 Å². The molecule has 0 radical (unpaired) electrons. The Labute approximate surface area is 215 Å². The topological polar surface area (TPSA) is 72.8 Å². The van der Waals surface area contributed by atoms with Crippen molar-refractivity contribution in [2.45, 2.75) is 84.5 Å². The zero-order valence-electron chi connectivity index (χ0n) is 21.8. The maximum absolute atomic E-state index is 11.7. The van der Waals surface area contributed by atoms with Gasteiger partial charge in [0.15, 0.2) is 0 Å². The molecule has 35 heavy (non-hydrogen) atoms. The second-order valence-corrected chi connectivity index (χ2v) is 12.8. The van der Waals surface area contributed by atoms with E-state index in [0.717, 1.165) is 33.1 Å². The number of rotatable bonds is 10. The SMILES string of the molecule is CCOC(=O)CCCOc1cc2c(cc1[Se]c1ccc(C(=O)O)c(CC)c1)C(C)(C)CCC2(C)C. The fourth-order valence-electron chi connectivity index (χ4n) is 4.66. The summed E-state index contributed by atoms with van der Waals surface area (Å²) in [5, 5.41) is 9.51. The van der Waals surface area contributed by atoms with Crippen LogP contribution in [0.2, 0.25) is 0 Å². The number of carbonyl (C=O) groups excluding carboxylic acids is 1. The van der Waals surface area contributed by atoms with E-state index in [1.165, 1.54) is 11.1 Å². The minimum atomic E-state index is -0.885. The van der Waals surface area contributed by atoms with Crippen molar-refractivity contribution in [3.8, 4) is 5.75 Å². The quantitative estimate of drug-likeness (QED) is 0.267.